The molecule has 0 spiro atoms. The van der Waals surface area contributed by atoms with Gasteiger partial charge in [0.1, 0.15) is 5.82 Å². The summed E-state index contributed by atoms with van der Waals surface area (Å²) in [6, 6.07) is 6.97. The first-order valence-electron chi connectivity index (χ1n) is 7.40. The van der Waals surface area contributed by atoms with E-state index in [4.69, 9.17) is 0 Å². The molecule has 1 aromatic heterocycles. The Morgan fingerprint density at radius 3 is 2.50 bits per heavy atom. The summed E-state index contributed by atoms with van der Waals surface area (Å²) in [6.07, 6.45) is 1.53. The van der Waals surface area contributed by atoms with Gasteiger partial charge >= 0.3 is 6.03 Å². The molecular weight excluding hydrogens is 313 g/mol. The van der Waals surface area contributed by atoms with Crippen LogP contribution in [0.5, 0.6) is 0 Å². The first-order chi connectivity index (χ1) is 11.3. The van der Waals surface area contributed by atoms with Crippen LogP contribution >= 0.6 is 0 Å². The highest BCUT2D eigenvalue weighted by Crippen LogP contribution is 2.28. The predicted molar refractivity (Wildman–Crippen MR) is 84.9 cm³/mol. The molecule has 2 N–H and O–H groups in total. The van der Waals surface area contributed by atoms with Gasteiger partial charge in [-0.25, -0.2) is 9.18 Å². The van der Waals surface area contributed by atoms with Crippen molar-refractivity contribution in [2.75, 3.05) is 0 Å². The van der Waals surface area contributed by atoms with Crippen molar-refractivity contribution in [3.05, 3.63) is 69.4 Å². The molecule has 1 aliphatic rings. The van der Waals surface area contributed by atoms with Crippen LogP contribution in [0.15, 0.2) is 41.3 Å². The smallest absolute Gasteiger partial charge is 0.318 e. The number of benzene rings is 1. The van der Waals surface area contributed by atoms with Crippen molar-refractivity contribution in [1.29, 1.82) is 0 Å². The monoisotopic (exact) mass is 329 g/mol. The van der Waals surface area contributed by atoms with Crippen molar-refractivity contribution < 1.29 is 14.0 Å². The van der Waals surface area contributed by atoms with Crippen LogP contribution in [0.3, 0.4) is 0 Å². The summed E-state index contributed by atoms with van der Waals surface area (Å²) in [6.45, 7) is 3.13. The molecule has 0 saturated carbocycles. The predicted octanol–water partition coefficient (Wildman–Crippen LogP) is 1.34. The minimum atomic E-state index is -1.54. The number of rotatable bonds is 3. The van der Waals surface area contributed by atoms with Crippen molar-refractivity contribution >= 4 is 11.9 Å². The molecule has 1 fully saturated rings. The Morgan fingerprint density at radius 2 is 1.88 bits per heavy atom. The molecule has 24 heavy (non-hydrogen) atoms. The summed E-state index contributed by atoms with van der Waals surface area (Å²) in [5, 5.41) is 4.72. The lowest BCUT2D eigenvalue weighted by molar-refractivity contribution is -0.124. The van der Waals surface area contributed by atoms with E-state index in [0.717, 1.165) is 0 Å². The molecule has 1 unspecified atom stereocenters. The fraction of sp³-hybridized carbons (Fsp3) is 0.235. The lowest BCUT2D eigenvalue weighted by Crippen LogP contribution is -2.49. The number of nitrogens with zero attached hydrogens (tertiary/aromatic N) is 1. The number of amides is 3. The molecule has 124 valence electrons. The summed E-state index contributed by atoms with van der Waals surface area (Å²) >= 11 is 0. The largest absolute Gasteiger partial charge is 0.322 e. The number of nitrogens with one attached hydrogen (secondary N) is 2. The van der Waals surface area contributed by atoms with Crippen molar-refractivity contribution in [3.63, 3.8) is 0 Å². The highest BCUT2D eigenvalue weighted by atomic mass is 19.1. The SMILES string of the molecule is Cc1ccc(C2(Cn3cccc(C)c3=O)NC(=O)NC2=O)cc1F. The van der Waals surface area contributed by atoms with Gasteiger partial charge in [0, 0.05) is 11.8 Å². The Kier molecular flexibility index (Phi) is 3.71. The van der Waals surface area contributed by atoms with E-state index in [9.17, 15) is 18.8 Å². The van der Waals surface area contributed by atoms with E-state index in [0.29, 0.717) is 11.1 Å². The van der Waals surface area contributed by atoms with E-state index in [2.05, 4.69) is 10.6 Å². The average molecular weight is 329 g/mol. The molecule has 0 aliphatic carbocycles. The maximum absolute atomic E-state index is 14.0. The zero-order valence-electron chi connectivity index (χ0n) is 13.2. The van der Waals surface area contributed by atoms with Crippen LogP contribution in [0.4, 0.5) is 9.18 Å². The van der Waals surface area contributed by atoms with Gasteiger partial charge in [0.25, 0.3) is 11.5 Å². The van der Waals surface area contributed by atoms with Crippen LogP contribution in [0.25, 0.3) is 0 Å². The van der Waals surface area contributed by atoms with Gasteiger partial charge in [0.15, 0.2) is 5.54 Å². The number of hydrogen-bond donors (Lipinski definition) is 2. The van der Waals surface area contributed by atoms with E-state index >= 15 is 0 Å². The highest BCUT2D eigenvalue weighted by molar-refractivity contribution is 6.07. The third kappa shape index (κ3) is 2.47. The third-order valence-corrected chi connectivity index (χ3v) is 4.22. The van der Waals surface area contributed by atoms with Gasteiger partial charge in [-0.05, 0) is 37.1 Å². The molecule has 3 amide bonds. The standard InChI is InChI=1S/C17H16FN3O3/c1-10-5-6-12(8-13(10)18)17(15(23)19-16(24)20-17)9-21-7-3-4-11(2)14(21)22/h3-8H,9H2,1-2H3,(H2,19,20,23,24). The van der Waals surface area contributed by atoms with Crippen LogP contribution < -0.4 is 16.2 Å². The zero-order valence-corrected chi connectivity index (χ0v) is 13.2. The summed E-state index contributed by atoms with van der Waals surface area (Å²) in [7, 11) is 0. The normalized spacial score (nSPS) is 20.0. The zero-order chi connectivity index (χ0) is 17.5. The van der Waals surface area contributed by atoms with Gasteiger partial charge in [-0.1, -0.05) is 18.2 Å². The van der Waals surface area contributed by atoms with Gasteiger partial charge in [-0.2, -0.15) is 0 Å². The van der Waals surface area contributed by atoms with Crippen LogP contribution in [-0.4, -0.2) is 16.5 Å². The molecule has 0 radical (unpaired) electrons. The van der Waals surface area contributed by atoms with Crippen molar-refractivity contribution in [2.24, 2.45) is 0 Å². The Bertz CT molecular complexity index is 906. The fourth-order valence-corrected chi connectivity index (χ4v) is 2.79. The Balaban J connectivity index is 2.15. The minimum absolute atomic E-state index is 0.131. The molecule has 1 aliphatic heterocycles. The first kappa shape index (κ1) is 15.9. The second-order valence-electron chi connectivity index (χ2n) is 5.90. The second-order valence-corrected chi connectivity index (χ2v) is 5.90. The number of aryl methyl sites for hydroxylation is 2. The second kappa shape index (κ2) is 5.59. The van der Waals surface area contributed by atoms with Crippen molar-refractivity contribution in [3.8, 4) is 0 Å². The molecule has 1 atom stereocenters. The van der Waals surface area contributed by atoms with Gasteiger partial charge in [0.2, 0.25) is 0 Å². The van der Waals surface area contributed by atoms with E-state index in [1.54, 1.807) is 32.0 Å². The Labute approximate surface area is 137 Å². The van der Waals surface area contributed by atoms with Gasteiger partial charge in [-0.15, -0.1) is 0 Å². The molecule has 2 heterocycles. The lowest BCUT2D eigenvalue weighted by atomic mass is 9.89. The quantitative estimate of drug-likeness (QED) is 0.834. The van der Waals surface area contributed by atoms with Crippen LogP contribution in [0, 0.1) is 19.7 Å². The topological polar surface area (TPSA) is 80.2 Å². The van der Waals surface area contributed by atoms with Crippen LogP contribution in [0.1, 0.15) is 16.7 Å². The molecule has 1 aromatic carbocycles. The van der Waals surface area contributed by atoms with Crippen molar-refractivity contribution in [1.82, 2.24) is 15.2 Å². The van der Waals surface area contributed by atoms with Gasteiger partial charge < -0.3 is 9.88 Å². The van der Waals surface area contributed by atoms with Crippen LogP contribution in [-0.2, 0) is 16.9 Å². The maximum Gasteiger partial charge on any atom is 0.322 e. The highest BCUT2D eigenvalue weighted by Gasteiger charge is 2.48. The molecule has 6 nitrogen and oxygen atoms in total. The lowest BCUT2D eigenvalue weighted by Gasteiger charge is -2.27. The van der Waals surface area contributed by atoms with E-state index in [-0.39, 0.29) is 17.7 Å². The number of hydrogen-bond acceptors (Lipinski definition) is 3. The number of pyridine rings is 1. The molecule has 2 aromatic rings. The molecule has 1 saturated heterocycles. The molecule has 0 bridgehead atoms. The Hall–Kier alpha value is -2.96. The Morgan fingerprint density at radius 1 is 1.12 bits per heavy atom. The minimum Gasteiger partial charge on any atom is -0.318 e. The van der Waals surface area contributed by atoms with E-state index in [1.165, 1.54) is 22.9 Å². The van der Waals surface area contributed by atoms with Gasteiger partial charge in [-0.3, -0.25) is 14.9 Å². The van der Waals surface area contributed by atoms with Crippen LogP contribution in [0.2, 0.25) is 0 Å². The van der Waals surface area contributed by atoms with Crippen molar-refractivity contribution in [2.45, 2.75) is 25.9 Å². The molecular formula is C17H16FN3O3. The number of carbonyl (C=O) groups is 2. The molecule has 7 heteroatoms. The fourth-order valence-electron chi connectivity index (χ4n) is 2.79. The number of urea groups is 1. The summed E-state index contributed by atoms with van der Waals surface area (Å²) in [5.74, 6) is -1.11. The summed E-state index contributed by atoms with van der Waals surface area (Å²) < 4.78 is 15.3. The first-order valence-corrected chi connectivity index (χ1v) is 7.40. The molecule has 3 rings (SSSR count). The summed E-state index contributed by atoms with van der Waals surface area (Å²) in [5.41, 5.74) is -0.608. The summed E-state index contributed by atoms with van der Waals surface area (Å²) in [4.78, 5) is 36.5. The number of halogens is 1. The number of aromatic nitrogens is 1. The van der Waals surface area contributed by atoms with Gasteiger partial charge in [0.05, 0.1) is 6.54 Å². The van der Waals surface area contributed by atoms with E-state index in [1.807, 2.05) is 0 Å². The maximum atomic E-state index is 14.0. The number of carbonyl (C=O) groups excluding carboxylic acids is 2. The van der Waals surface area contributed by atoms with E-state index < -0.39 is 23.3 Å². The number of imide groups is 1. The third-order valence-electron chi connectivity index (χ3n) is 4.22. The average Bonchev–Trinajstić information content (AvgIpc) is 2.81.